The second kappa shape index (κ2) is 6.75. The first-order valence-electron chi connectivity index (χ1n) is 6.73. The number of likely N-dealkylation sites (tertiary alicyclic amines) is 1. The summed E-state index contributed by atoms with van der Waals surface area (Å²) >= 11 is 0. The van der Waals surface area contributed by atoms with Crippen molar-refractivity contribution in [2.75, 3.05) is 20.2 Å². The molecule has 0 saturated carbocycles. The zero-order valence-electron chi connectivity index (χ0n) is 11.8. The van der Waals surface area contributed by atoms with Crippen molar-refractivity contribution in [3.05, 3.63) is 35.4 Å². The highest BCUT2D eigenvalue weighted by Crippen LogP contribution is 2.12. The Hall–Kier alpha value is -2.55. The largest absolute Gasteiger partial charge is 0.453 e. The lowest BCUT2D eigenvalue weighted by Crippen LogP contribution is -2.38. The molecule has 1 unspecified atom stereocenters. The molecule has 6 heteroatoms. The molecule has 1 fully saturated rings. The van der Waals surface area contributed by atoms with Gasteiger partial charge >= 0.3 is 6.09 Å². The zero-order chi connectivity index (χ0) is 15.2. The molecule has 0 bridgehead atoms. The topological polar surface area (TPSA) is 82.4 Å². The number of benzene rings is 1. The average molecular weight is 287 g/mol. The summed E-state index contributed by atoms with van der Waals surface area (Å²) in [5.74, 6) is 0.0221. The van der Waals surface area contributed by atoms with Crippen molar-refractivity contribution >= 4 is 12.0 Å². The van der Waals surface area contributed by atoms with Gasteiger partial charge in [-0.25, -0.2) is 4.79 Å². The molecule has 1 N–H and O–H groups in total. The van der Waals surface area contributed by atoms with E-state index in [1.807, 2.05) is 6.07 Å². The number of hydrogen-bond acceptors (Lipinski definition) is 4. The molecule has 1 saturated heterocycles. The van der Waals surface area contributed by atoms with E-state index in [9.17, 15) is 9.59 Å². The quantitative estimate of drug-likeness (QED) is 0.901. The summed E-state index contributed by atoms with van der Waals surface area (Å²) in [5.41, 5.74) is 1.46. The molecule has 0 aromatic heterocycles. The molecule has 1 atom stereocenters. The normalized spacial score (nSPS) is 17.1. The van der Waals surface area contributed by atoms with Crippen LogP contribution >= 0.6 is 0 Å². The average Bonchev–Trinajstić information content (AvgIpc) is 2.96. The molecule has 6 nitrogen and oxygen atoms in total. The van der Waals surface area contributed by atoms with Crippen molar-refractivity contribution in [2.24, 2.45) is 0 Å². The third kappa shape index (κ3) is 3.96. The summed E-state index contributed by atoms with van der Waals surface area (Å²) in [4.78, 5) is 25.1. The first-order valence-corrected chi connectivity index (χ1v) is 6.73. The second-order valence-electron chi connectivity index (χ2n) is 4.95. The van der Waals surface area contributed by atoms with Crippen molar-refractivity contribution in [1.29, 1.82) is 5.26 Å². The number of nitrogens with zero attached hydrogens (tertiary/aromatic N) is 2. The van der Waals surface area contributed by atoms with Gasteiger partial charge in [0.15, 0.2) is 0 Å². The van der Waals surface area contributed by atoms with E-state index in [2.05, 4.69) is 10.1 Å². The molecule has 2 rings (SSSR count). The van der Waals surface area contributed by atoms with Gasteiger partial charge in [-0.1, -0.05) is 12.1 Å². The van der Waals surface area contributed by atoms with Crippen LogP contribution in [-0.4, -0.2) is 43.1 Å². The second-order valence-corrected chi connectivity index (χ2v) is 4.95. The van der Waals surface area contributed by atoms with Gasteiger partial charge < -0.3 is 15.0 Å². The first-order chi connectivity index (χ1) is 10.1. The minimum Gasteiger partial charge on any atom is -0.453 e. The first kappa shape index (κ1) is 14.9. The van der Waals surface area contributed by atoms with Crippen LogP contribution in [0.25, 0.3) is 0 Å². The number of nitriles is 1. The molecule has 0 radical (unpaired) electrons. The van der Waals surface area contributed by atoms with E-state index in [0.717, 1.165) is 12.0 Å². The molecule has 21 heavy (non-hydrogen) atoms. The van der Waals surface area contributed by atoms with Crippen LogP contribution in [0, 0.1) is 11.3 Å². The molecule has 110 valence electrons. The highest BCUT2D eigenvalue weighted by Gasteiger charge is 2.27. The molecule has 2 amide bonds. The lowest BCUT2D eigenvalue weighted by Gasteiger charge is -2.17. The number of hydrogen-bond donors (Lipinski definition) is 1. The van der Waals surface area contributed by atoms with Crippen molar-refractivity contribution < 1.29 is 14.3 Å². The molecule has 1 aliphatic heterocycles. The van der Waals surface area contributed by atoms with Gasteiger partial charge in [0, 0.05) is 13.1 Å². The van der Waals surface area contributed by atoms with Crippen LogP contribution in [0.4, 0.5) is 4.79 Å². The van der Waals surface area contributed by atoms with Crippen LogP contribution in [0.2, 0.25) is 0 Å². The minimum absolute atomic E-state index is 0.0221. The number of carbonyl (C=O) groups is 2. The van der Waals surface area contributed by atoms with Gasteiger partial charge in [0.1, 0.15) is 0 Å². The van der Waals surface area contributed by atoms with E-state index in [4.69, 9.17) is 5.26 Å². The Kier molecular flexibility index (Phi) is 4.77. The SMILES string of the molecule is COC(=O)NC1CCN(C(=O)Cc2ccc(C#N)cc2)C1. The summed E-state index contributed by atoms with van der Waals surface area (Å²) < 4.78 is 4.55. The predicted molar refractivity (Wildman–Crippen MR) is 75.4 cm³/mol. The molecule has 1 aliphatic rings. The van der Waals surface area contributed by atoms with Crippen LogP contribution in [-0.2, 0) is 16.0 Å². The summed E-state index contributed by atoms with van der Waals surface area (Å²) in [6.45, 7) is 1.13. The maximum atomic E-state index is 12.2. The Morgan fingerprint density at radius 1 is 1.43 bits per heavy atom. The highest BCUT2D eigenvalue weighted by atomic mass is 16.5. The Morgan fingerprint density at radius 3 is 2.76 bits per heavy atom. The Bertz CT molecular complexity index is 563. The van der Waals surface area contributed by atoms with Gasteiger partial charge in [0.25, 0.3) is 0 Å². The van der Waals surface area contributed by atoms with Gasteiger partial charge in [-0.3, -0.25) is 4.79 Å². The predicted octanol–water partition coefficient (Wildman–Crippen LogP) is 1.06. The van der Waals surface area contributed by atoms with Gasteiger partial charge in [-0.15, -0.1) is 0 Å². The third-order valence-electron chi connectivity index (χ3n) is 3.49. The Labute approximate surface area is 123 Å². The minimum atomic E-state index is -0.471. The molecular weight excluding hydrogens is 270 g/mol. The highest BCUT2D eigenvalue weighted by molar-refractivity contribution is 5.79. The summed E-state index contributed by atoms with van der Waals surface area (Å²) in [6.07, 6.45) is 0.562. The smallest absolute Gasteiger partial charge is 0.407 e. The number of alkyl carbamates (subject to hydrolysis) is 1. The molecule has 0 aliphatic carbocycles. The van der Waals surface area contributed by atoms with Crippen LogP contribution in [0.5, 0.6) is 0 Å². The standard InChI is InChI=1S/C15H17N3O3/c1-21-15(20)17-13-6-7-18(10-13)14(19)8-11-2-4-12(9-16)5-3-11/h2-5,13H,6-8,10H2,1H3,(H,17,20). The Morgan fingerprint density at radius 2 is 2.14 bits per heavy atom. The number of methoxy groups -OCH3 is 1. The lowest BCUT2D eigenvalue weighted by atomic mass is 10.1. The van der Waals surface area contributed by atoms with Crippen molar-refractivity contribution in [3.8, 4) is 6.07 Å². The van der Waals surface area contributed by atoms with E-state index < -0.39 is 6.09 Å². The summed E-state index contributed by atoms with van der Waals surface area (Å²) in [7, 11) is 1.32. The van der Waals surface area contributed by atoms with E-state index >= 15 is 0 Å². The van der Waals surface area contributed by atoms with E-state index in [-0.39, 0.29) is 11.9 Å². The molecule has 1 heterocycles. The van der Waals surface area contributed by atoms with Crippen LogP contribution < -0.4 is 5.32 Å². The zero-order valence-corrected chi connectivity index (χ0v) is 11.8. The van der Waals surface area contributed by atoms with Crippen LogP contribution in [0.15, 0.2) is 24.3 Å². The monoisotopic (exact) mass is 287 g/mol. The number of ether oxygens (including phenoxy) is 1. The van der Waals surface area contributed by atoms with E-state index in [1.54, 1.807) is 29.2 Å². The van der Waals surface area contributed by atoms with Gasteiger partial charge in [-0.2, -0.15) is 5.26 Å². The molecule has 0 spiro atoms. The van der Waals surface area contributed by atoms with E-state index in [0.29, 0.717) is 25.1 Å². The number of amides is 2. The number of nitrogens with one attached hydrogen (secondary N) is 1. The van der Waals surface area contributed by atoms with Crippen LogP contribution in [0.3, 0.4) is 0 Å². The lowest BCUT2D eigenvalue weighted by molar-refractivity contribution is -0.129. The Balaban J connectivity index is 1.86. The van der Waals surface area contributed by atoms with Gasteiger partial charge in [0.2, 0.25) is 5.91 Å². The fourth-order valence-electron chi connectivity index (χ4n) is 2.31. The van der Waals surface area contributed by atoms with Crippen molar-refractivity contribution in [2.45, 2.75) is 18.9 Å². The summed E-state index contributed by atoms with van der Waals surface area (Å²) in [5, 5.41) is 11.4. The molecule has 1 aromatic carbocycles. The van der Waals surface area contributed by atoms with E-state index in [1.165, 1.54) is 7.11 Å². The maximum Gasteiger partial charge on any atom is 0.407 e. The van der Waals surface area contributed by atoms with Crippen LogP contribution in [0.1, 0.15) is 17.5 Å². The summed E-state index contributed by atoms with van der Waals surface area (Å²) in [6, 6.07) is 8.97. The fourth-order valence-corrected chi connectivity index (χ4v) is 2.31. The van der Waals surface area contributed by atoms with Gasteiger partial charge in [0.05, 0.1) is 31.2 Å². The van der Waals surface area contributed by atoms with Crippen molar-refractivity contribution in [3.63, 3.8) is 0 Å². The maximum absolute atomic E-state index is 12.2. The fraction of sp³-hybridized carbons (Fsp3) is 0.400. The molecule has 1 aromatic rings. The third-order valence-corrected chi connectivity index (χ3v) is 3.49. The number of rotatable bonds is 3. The van der Waals surface area contributed by atoms with Crippen molar-refractivity contribution in [1.82, 2.24) is 10.2 Å². The molecular formula is C15H17N3O3. The number of carbonyl (C=O) groups excluding carboxylic acids is 2. The van der Waals surface area contributed by atoms with Gasteiger partial charge in [-0.05, 0) is 24.1 Å².